The minimum Gasteiger partial charge on any atom is -0.426 e. The number of likely N-dealkylation sites (tertiary alicyclic amines) is 1. The third-order valence-corrected chi connectivity index (χ3v) is 4.39. The van der Waals surface area contributed by atoms with Crippen molar-refractivity contribution in [1.82, 2.24) is 10.2 Å². The van der Waals surface area contributed by atoms with Crippen molar-refractivity contribution in [3.63, 3.8) is 0 Å². The molecule has 8 heteroatoms. The van der Waals surface area contributed by atoms with E-state index in [2.05, 4.69) is 5.32 Å². The lowest BCUT2D eigenvalue weighted by Gasteiger charge is -2.24. The molecule has 0 saturated carbocycles. The Morgan fingerprint density at radius 3 is 2.67 bits per heavy atom. The van der Waals surface area contributed by atoms with E-state index in [0.29, 0.717) is 25.8 Å². The number of rotatable bonds is 7. The molecule has 1 heterocycles. The van der Waals surface area contributed by atoms with Crippen LogP contribution in [-0.4, -0.2) is 58.7 Å². The lowest BCUT2D eigenvalue weighted by atomic mass is 9.78. The van der Waals surface area contributed by atoms with Gasteiger partial charge in [-0.15, -0.1) is 0 Å². The number of nitrogens with one attached hydrogen (secondary N) is 1. The molecule has 2 atom stereocenters. The third kappa shape index (κ3) is 5.04. The highest BCUT2D eigenvalue weighted by molar-refractivity contribution is 6.43. The Morgan fingerprint density at radius 1 is 1.21 bits per heavy atom. The molecule has 2 amide bonds. The lowest BCUT2D eigenvalue weighted by molar-refractivity contribution is -0.133. The van der Waals surface area contributed by atoms with Crippen LogP contribution in [0.15, 0.2) is 24.3 Å². The van der Waals surface area contributed by atoms with Crippen molar-refractivity contribution < 1.29 is 24.4 Å². The molecule has 130 valence electrons. The van der Waals surface area contributed by atoms with Crippen molar-refractivity contribution in [1.29, 1.82) is 0 Å². The standard InChI is InChI=1S/C16H23BN2O5/c20-13(12-5-2-1-3-6-12)8-9-15(21)18-11-16(22)19-10-4-7-14(19)17(23)24/h1-3,5,12,14,23-24H,4,6-11H2,(H,18,21). The molecule has 0 bridgehead atoms. The summed E-state index contributed by atoms with van der Waals surface area (Å²) in [4.78, 5) is 37.2. The molecule has 0 radical (unpaired) electrons. The minimum absolute atomic E-state index is 0.0140. The molecule has 2 rings (SSSR count). The molecular formula is C16H23BN2O5. The highest BCUT2D eigenvalue weighted by atomic mass is 16.4. The van der Waals surface area contributed by atoms with E-state index in [9.17, 15) is 24.4 Å². The molecule has 1 saturated heterocycles. The van der Waals surface area contributed by atoms with Gasteiger partial charge in [0.2, 0.25) is 11.8 Å². The van der Waals surface area contributed by atoms with Crippen LogP contribution in [0.5, 0.6) is 0 Å². The van der Waals surface area contributed by atoms with Crippen LogP contribution in [0.1, 0.15) is 32.1 Å². The van der Waals surface area contributed by atoms with E-state index < -0.39 is 13.1 Å². The fraction of sp³-hybridized carbons (Fsp3) is 0.562. The van der Waals surface area contributed by atoms with E-state index in [0.717, 1.165) is 0 Å². The third-order valence-electron chi connectivity index (χ3n) is 4.39. The normalized spacial score (nSPS) is 22.5. The smallest absolute Gasteiger partial charge is 0.426 e. The van der Waals surface area contributed by atoms with Gasteiger partial charge in [-0.3, -0.25) is 14.4 Å². The molecule has 1 aliphatic heterocycles. The predicted octanol–water partition coefficient (Wildman–Crippen LogP) is -0.413. The van der Waals surface area contributed by atoms with Gasteiger partial charge in [0.05, 0.1) is 12.5 Å². The molecule has 0 spiro atoms. The van der Waals surface area contributed by atoms with Gasteiger partial charge in [-0.25, -0.2) is 0 Å². The number of ketones is 1. The molecular weight excluding hydrogens is 311 g/mol. The zero-order valence-electron chi connectivity index (χ0n) is 13.6. The van der Waals surface area contributed by atoms with Gasteiger partial charge in [-0.05, 0) is 19.3 Å². The van der Waals surface area contributed by atoms with E-state index in [1.165, 1.54) is 4.90 Å². The van der Waals surface area contributed by atoms with Crippen LogP contribution in [-0.2, 0) is 14.4 Å². The number of nitrogens with zero attached hydrogens (tertiary/aromatic N) is 1. The van der Waals surface area contributed by atoms with Crippen molar-refractivity contribution >= 4 is 24.7 Å². The first-order valence-corrected chi connectivity index (χ1v) is 8.27. The van der Waals surface area contributed by atoms with E-state index in [1.54, 1.807) is 0 Å². The highest BCUT2D eigenvalue weighted by Gasteiger charge is 2.36. The Bertz CT molecular complexity index is 547. The molecule has 0 aromatic carbocycles. The van der Waals surface area contributed by atoms with Crippen LogP contribution in [0.2, 0.25) is 0 Å². The summed E-state index contributed by atoms with van der Waals surface area (Å²) in [7, 11) is -1.57. The fourth-order valence-electron chi connectivity index (χ4n) is 3.02. The van der Waals surface area contributed by atoms with Crippen LogP contribution < -0.4 is 5.32 Å². The molecule has 2 unspecified atom stereocenters. The summed E-state index contributed by atoms with van der Waals surface area (Å²) < 4.78 is 0. The summed E-state index contributed by atoms with van der Waals surface area (Å²) in [5, 5.41) is 21.0. The quantitative estimate of drug-likeness (QED) is 0.549. The number of hydrogen-bond donors (Lipinski definition) is 3. The fourth-order valence-corrected chi connectivity index (χ4v) is 3.02. The maximum atomic E-state index is 12.1. The number of Topliss-reactive ketones (excluding diaryl/α,β-unsaturated/α-hetero) is 1. The molecule has 3 N–H and O–H groups in total. The second kappa shape index (κ2) is 8.80. The second-order valence-corrected chi connectivity index (χ2v) is 6.11. The van der Waals surface area contributed by atoms with E-state index >= 15 is 0 Å². The molecule has 2 aliphatic rings. The Labute approximate surface area is 141 Å². The SMILES string of the molecule is O=C(CCC(=O)C1C=CC=CC1)NCC(=O)N1CCCC1B(O)O. The molecule has 7 nitrogen and oxygen atoms in total. The summed E-state index contributed by atoms with van der Waals surface area (Å²) >= 11 is 0. The summed E-state index contributed by atoms with van der Waals surface area (Å²) in [6.07, 6.45) is 9.56. The largest absolute Gasteiger partial charge is 0.475 e. The van der Waals surface area contributed by atoms with Crippen LogP contribution in [0.25, 0.3) is 0 Å². The van der Waals surface area contributed by atoms with Gasteiger partial charge in [-0.1, -0.05) is 24.3 Å². The lowest BCUT2D eigenvalue weighted by Crippen LogP contribution is -2.48. The van der Waals surface area contributed by atoms with Crippen LogP contribution in [0.4, 0.5) is 0 Å². The van der Waals surface area contributed by atoms with Gasteiger partial charge in [0.1, 0.15) is 5.78 Å². The van der Waals surface area contributed by atoms with Gasteiger partial charge in [0.15, 0.2) is 0 Å². The maximum absolute atomic E-state index is 12.1. The van der Waals surface area contributed by atoms with Crippen molar-refractivity contribution in [2.75, 3.05) is 13.1 Å². The van der Waals surface area contributed by atoms with Crippen molar-refractivity contribution in [3.8, 4) is 0 Å². The van der Waals surface area contributed by atoms with Crippen molar-refractivity contribution in [2.45, 2.75) is 38.0 Å². The molecule has 24 heavy (non-hydrogen) atoms. The summed E-state index contributed by atoms with van der Waals surface area (Å²) in [5.41, 5.74) is 0. The van der Waals surface area contributed by atoms with Gasteiger partial charge in [0, 0.05) is 25.3 Å². The van der Waals surface area contributed by atoms with Crippen molar-refractivity contribution in [3.05, 3.63) is 24.3 Å². The van der Waals surface area contributed by atoms with Gasteiger partial charge >= 0.3 is 7.12 Å². The minimum atomic E-state index is -1.57. The Kier molecular flexibility index (Phi) is 6.75. The Morgan fingerprint density at radius 2 is 2.00 bits per heavy atom. The number of hydrogen-bond acceptors (Lipinski definition) is 5. The summed E-state index contributed by atoms with van der Waals surface area (Å²) in [6, 6.07) is 0. The summed E-state index contributed by atoms with van der Waals surface area (Å²) in [6.45, 7) is 0.263. The molecule has 1 fully saturated rings. The van der Waals surface area contributed by atoms with E-state index in [1.807, 2.05) is 24.3 Å². The van der Waals surface area contributed by atoms with Crippen LogP contribution in [0, 0.1) is 5.92 Å². The Hall–Kier alpha value is -1.93. The molecule has 1 aliphatic carbocycles. The Balaban J connectivity index is 1.69. The topological polar surface area (TPSA) is 107 Å². The zero-order chi connectivity index (χ0) is 17.5. The predicted molar refractivity (Wildman–Crippen MR) is 88.6 cm³/mol. The number of carbonyl (C=O) groups is 3. The highest BCUT2D eigenvalue weighted by Crippen LogP contribution is 2.18. The molecule has 0 aromatic heterocycles. The summed E-state index contributed by atoms with van der Waals surface area (Å²) in [5.74, 6) is -1.46. The van der Waals surface area contributed by atoms with Crippen LogP contribution in [0.3, 0.4) is 0 Å². The maximum Gasteiger partial charge on any atom is 0.475 e. The number of amides is 2. The zero-order valence-corrected chi connectivity index (χ0v) is 13.6. The second-order valence-electron chi connectivity index (χ2n) is 6.11. The van der Waals surface area contributed by atoms with Gasteiger partial charge < -0.3 is 20.3 Å². The number of carbonyl (C=O) groups excluding carboxylic acids is 3. The average molecular weight is 334 g/mol. The first-order valence-electron chi connectivity index (χ1n) is 8.27. The van der Waals surface area contributed by atoms with Gasteiger partial charge in [-0.2, -0.15) is 0 Å². The number of allylic oxidation sites excluding steroid dienone is 4. The van der Waals surface area contributed by atoms with Gasteiger partial charge in [0.25, 0.3) is 0 Å². The van der Waals surface area contributed by atoms with Crippen LogP contribution >= 0.6 is 0 Å². The molecule has 0 aromatic rings. The van der Waals surface area contributed by atoms with E-state index in [-0.39, 0.29) is 42.9 Å². The van der Waals surface area contributed by atoms with Crippen molar-refractivity contribution in [2.24, 2.45) is 5.92 Å². The first kappa shape index (κ1) is 18.4. The van der Waals surface area contributed by atoms with E-state index in [4.69, 9.17) is 0 Å². The average Bonchev–Trinajstić information content (AvgIpc) is 3.08. The first-order chi connectivity index (χ1) is 11.5. The monoisotopic (exact) mass is 334 g/mol.